The standard InChI is InChI=1S/C15H27NO2S/c1-12(2)6-4-8-18-11-14(17)10-16-13(3)15-7-5-9-19-15/h5,7,9,12-14,16-17H,4,6,8,10-11H2,1-3H3/t13-,14?/m1/s1. The third kappa shape index (κ3) is 7.67. The first-order valence-electron chi connectivity index (χ1n) is 7.12. The van der Waals surface area contributed by atoms with Crippen molar-refractivity contribution in [1.29, 1.82) is 0 Å². The zero-order valence-corrected chi connectivity index (χ0v) is 13.1. The van der Waals surface area contributed by atoms with Crippen molar-refractivity contribution in [1.82, 2.24) is 5.32 Å². The number of thiophene rings is 1. The zero-order valence-electron chi connectivity index (χ0n) is 12.3. The fourth-order valence-corrected chi connectivity index (χ4v) is 2.58. The largest absolute Gasteiger partial charge is 0.389 e. The summed E-state index contributed by atoms with van der Waals surface area (Å²) in [4.78, 5) is 1.30. The van der Waals surface area contributed by atoms with Crippen molar-refractivity contribution < 1.29 is 9.84 Å². The SMILES string of the molecule is CC(C)CCCOCC(O)CN[C@H](C)c1cccs1. The second-order valence-electron chi connectivity index (χ2n) is 5.41. The van der Waals surface area contributed by atoms with E-state index in [1.807, 2.05) is 6.07 Å². The van der Waals surface area contributed by atoms with Crippen LogP contribution in [0.15, 0.2) is 17.5 Å². The smallest absolute Gasteiger partial charge is 0.0897 e. The molecule has 0 aliphatic carbocycles. The molecule has 0 radical (unpaired) electrons. The molecule has 3 nitrogen and oxygen atoms in total. The van der Waals surface area contributed by atoms with Crippen molar-refractivity contribution in [3.63, 3.8) is 0 Å². The highest BCUT2D eigenvalue weighted by atomic mass is 32.1. The molecule has 1 unspecified atom stereocenters. The molecule has 110 valence electrons. The highest BCUT2D eigenvalue weighted by Crippen LogP contribution is 2.17. The molecule has 2 N–H and O–H groups in total. The van der Waals surface area contributed by atoms with Crippen LogP contribution >= 0.6 is 11.3 Å². The van der Waals surface area contributed by atoms with Gasteiger partial charge in [0, 0.05) is 24.1 Å². The van der Waals surface area contributed by atoms with Crippen LogP contribution in [-0.4, -0.2) is 31.0 Å². The first kappa shape index (κ1) is 16.6. The number of rotatable bonds is 10. The molecule has 19 heavy (non-hydrogen) atoms. The summed E-state index contributed by atoms with van der Waals surface area (Å²) in [7, 11) is 0. The summed E-state index contributed by atoms with van der Waals surface area (Å²) in [6.07, 6.45) is 1.83. The Morgan fingerprint density at radius 3 is 2.79 bits per heavy atom. The summed E-state index contributed by atoms with van der Waals surface area (Å²) in [6.45, 7) is 8.28. The fraction of sp³-hybridized carbons (Fsp3) is 0.733. The maximum Gasteiger partial charge on any atom is 0.0897 e. The van der Waals surface area contributed by atoms with Gasteiger partial charge in [0.05, 0.1) is 12.7 Å². The van der Waals surface area contributed by atoms with Crippen LogP contribution in [0.5, 0.6) is 0 Å². The Kier molecular flexibility index (Phi) is 8.30. The molecule has 0 aliphatic rings. The lowest BCUT2D eigenvalue weighted by Gasteiger charge is -2.16. The number of aliphatic hydroxyl groups is 1. The van der Waals surface area contributed by atoms with Crippen LogP contribution in [0, 0.1) is 5.92 Å². The van der Waals surface area contributed by atoms with Gasteiger partial charge in [0.1, 0.15) is 0 Å². The summed E-state index contributed by atoms with van der Waals surface area (Å²) in [5.41, 5.74) is 0. The quantitative estimate of drug-likeness (QED) is 0.649. The van der Waals surface area contributed by atoms with Crippen molar-refractivity contribution in [2.24, 2.45) is 5.92 Å². The first-order valence-corrected chi connectivity index (χ1v) is 8.00. The van der Waals surface area contributed by atoms with E-state index in [2.05, 4.69) is 37.5 Å². The third-order valence-corrected chi connectivity index (χ3v) is 4.07. The van der Waals surface area contributed by atoms with E-state index in [9.17, 15) is 5.11 Å². The summed E-state index contributed by atoms with van der Waals surface area (Å²) < 4.78 is 5.48. The molecule has 1 aromatic heterocycles. The molecule has 2 atom stereocenters. The monoisotopic (exact) mass is 285 g/mol. The van der Waals surface area contributed by atoms with E-state index in [0.29, 0.717) is 13.2 Å². The maximum atomic E-state index is 9.82. The minimum absolute atomic E-state index is 0.288. The second-order valence-corrected chi connectivity index (χ2v) is 6.39. The number of ether oxygens (including phenoxy) is 1. The molecule has 0 amide bonds. The lowest BCUT2D eigenvalue weighted by molar-refractivity contribution is 0.0337. The zero-order chi connectivity index (χ0) is 14.1. The molecule has 0 aliphatic heterocycles. The van der Waals surface area contributed by atoms with Crippen LogP contribution < -0.4 is 5.32 Å². The molecule has 1 aromatic rings. The van der Waals surface area contributed by atoms with Gasteiger partial charge in [-0.1, -0.05) is 19.9 Å². The van der Waals surface area contributed by atoms with Crippen molar-refractivity contribution >= 4 is 11.3 Å². The van der Waals surface area contributed by atoms with Gasteiger partial charge >= 0.3 is 0 Å². The van der Waals surface area contributed by atoms with Crippen LogP contribution in [0.1, 0.15) is 44.5 Å². The van der Waals surface area contributed by atoms with Crippen molar-refractivity contribution in [2.45, 2.75) is 45.8 Å². The highest BCUT2D eigenvalue weighted by molar-refractivity contribution is 7.10. The Balaban J connectivity index is 2.03. The van der Waals surface area contributed by atoms with Crippen molar-refractivity contribution in [3.05, 3.63) is 22.4 Å². The molecule has 0 spiro atoms. The van der Waals surface area contributed by atoms with Gasteiger partial charge < -0.3 is 15.2 Å². The molecule has 0 saturated carbocycles. The number of nitrogens with one attached hydrogen (secondary N) is 1. The molecule has 0 aromatic carbocycles. The van der Waals surface area contributed by atoms with Crippen LogP contribution in [0.25, 0.3) is 0 Å². The van der Waals surface area contributed by atoms with E-state index < -0.39 is 6.10 Å². The van der Waals surface area contributed by atoms with Gasteiger partial charge in [0.25, 0.3) is 0 Å². The number of hydrogen-bond donors (Lipinski definition) is 2. The average Bonchev–Trinajstić information content (AvgIpc) is 2.89. The topological polar surface area (TPSA) is 41.5 Å². The minimum atomic E-state index is -0.429. The molecule has 1 rings (SSSR count). The Morgan fingerprint density at radius 1 is 1.37 bits per heavy atom. The lowest BCUT2D eigenvalue weighted by atomic mass is 10.1. The van der Waals surface area contributed by atoms with Crippen LogP contribution in [-0.2, 0) is 4.74 Å². The normalized spacial score (nSPS) is 14.8. The van der Waals surface area contributed by atoms with E-state index in [1.54, 1.807) is 11.3 Å². The van der Waals surface area contributed by atoms with E-state index in [4.69, 9.17) is 4.74 Å². The lowest BCUT2D eigenvalue weighted by Crippen LogP contribution is -2.32. The van der Waals surface area contributed by atoms with Gasteiger partial charge in [-0.05, 0) is 37.1 Å². The van der Waals surface area contributed by atoms with Gasteiger partial charge in [-0.2, -0.15) is 0 Å². The van der Waals surface area contributed by atoms with Gasteiger partial charge in [0.2, 0.25) is 0 Å². The molecule has 1 heterocycles. The molecule has 0 bridgehead atoms. The Hall–Kier alpha value is -0.420. The van der Waals surface area contributed by atoms with E-state index in [1.165, 1.54) is 11.3 Å². The minimum Gasteiger partial charge on any atom is -0.389 e. The van der Waals surface area contributed by atoms with Crippen molar-refractivity contribution in [3.8, 4) is 0 Å². The van der Waals surface area contributed by atoms with E-state index in [-0.39, 0.29) is 6.04 Å². The predicted molar refractivity (Wildman–Crippen MR) is 81.6 cm³/mol. The molecule has 0 fully saturated rings. The Morgan fingerprint density at radius 2 is 2.16 bits per heavy atom. The van der Waals surface area contributed by atoms with Gasteiger partial charge in [-0.25, -0.2) is 0 Å². The van der Waals surface area contributed by atoms with Crippen molar-refractivity contribution in [2.75, 3.05) is 19.8 Å². The van der Waals surface area contributed by atoms with Gasteiger partial charge in [-0.3, -0.25) is 0 Å². The van der Waals surface area contributed by atoms with Gasteiger partial charge in [-0.15, -0.1) is 11.3 Å². The Labute approximate surface area is 121 Å². The summed E-state index contributed by atoms with van der Waals surface area (Å²) >= 11 is 1.73. The summed E-state index contributed by atoms with van der Waals surface area (Å²) in [5.74, 6) is 0.724. The van der Waals surface area contributed by atoms with E-state index >= 15 is 0 Å². The number of aliphatic hydroxyl groups excluding tert-OH is 1. The summed E-state index contributed by atoms with van der Waals surface area (Å²) in [6, 6.07) is 4.44. The molecule has 0 saturated heterocycles. The maximum absolute atomic E-state index is 9.82. The number of hydrogen-bond acceptors (Lipinski definition) is 4. The van der Waals surface area contributed by atoms with Gasteiger partial charge in [0.15, 0.2) is 0 Å². The molecular formula is C15H27NO2S. The fourth-order valence-electron chi connectivity index (χ4n) is 1.82. The predicted octanol–water partition coefficient (Wildman–Crippen LogP) is 3.21. The van der Waals surface area contributed by atoms with Crippen LogP contribution in [0.2, 0.25) is 0 Å². The molecule has 4 heteroatoms. The highest BCUT2D eigenvalue weighted by Gasteiger charge is 2.09. The third-order valence-electron chi connectivity index (χ3n) is 3.01. The van der Waals surface area contributed by atoms with Crippen LogP contribution in [0.3, 0.4) is 0 Å². The first-order chi connectivity index (χ1) is 9.09. The van der Waals surface area contributed by atoms with E-state index in [0.717, 1.165) is 18.9 Å². The molecular weight excluding hydrogens is 258 g/mol. The van der Waals surface area contributed by atoms with Crippen LogP contribution in [0.4, 0.5) is 0 Å². The Bertz CT molecular complexity index is 314. The summed E-state index contributed by atoms with van der Waals surface area (Å²) in [5, 5.41) is 15.2. The second kappa shape index (κ2) is 9.48. The average molecular weight is 285 g/mol.